The number of hydrogen-bond donors (Lipinski definition) is 2. The third-order valence-corrected chi connectivity index (χ3v) is 3.95. The van der Waals surface area contributed by atoms with Crippen molar-refractivity contribution in [1.82, 2.24) is 5.32 Å². The first-order valence-corrected chi connectivity index (χ1v) is 9.44. The van der Waals surface area contributed by atoms with Crippen LogP contribution in [0.4, 0.5) is 0 Å². The summed E-state index contributed by atoms with van der Waals surface area (Å²) in [4.78, 5) is 9.60. The molecule has 1 aliphatic rings. The minimum absolute atomic E-state index is 0.242. The van der Waals surface area contributed by atoms with Crippen LogP contribution in [0.3, 0.4) is 0 Å². The van der Waals surface area contributed by atoms with E-state index in [1.807, 2.05) is 39.0 Å². The molecule has 0 aliphatic carbocycles. The fourth-order valence-electron chi connectivity index (χ4n) is 2.59. The molecule has 1 fully saturated rings. The van der Waals surface area contributed by atoms with E-state index in [-0.39, 0.29) is 11.4 Å². The molecule has 2 aromatic rings. The molecule has 1 aliphatic heterocycles. The largest absolute Gasteiger partial charge is 0.508 e. The number of benzene rings is 2. The molecule has 3 rings (SSSR count). The maximum Gasteiger partial charge on any atom is 0.293 e. The first kappa shape index (κ1) is 21.5. The molecule has 1 saturated heterocycles. The van der Waals surface area contributed by atoms with E-state index >= 15 is 0 Å². The molecule has 0 amide bonds. The van der Waals surface area contributed by atoms with E-state index in [2.05, 4.69) is 22.2 Å². The number of hydrogen-bond acceptors (Lipinski definition) is 5. The van der Waals surface area contributed by atoms with Crippen molar-refractivity contribution in [3.05, 3.63) is 59.7 Å². The van der Waals surface area contributed by atoms with Gasteiger partial charge in [-0.05, 0) is 88.7 Å². The Morgan fingerprint density at radius 2 is 1.68 bits per heavy atom. The van der Waals surface area contributed by atoms with Gasteiger partial charge in [0.25, 0.3) is 6.47 Å². The summed E-state index contributed by atoms with van der Waals surface area (Å²) in [7, 11) is 0. The Bertz CT molecular complexity index is 768. The zero-order valence-corrected chi connectivity index (χ0v) is 16.8. The van der Waals surface area contributed by atoms with E-state index in [1.54, 1.807) is 24.3 Å². The van der Waals surface area contributed by atoms with E-state index in [0.29, 0.717) is 6.47 Å². The Labute approximate surface area is 167 Å². The standard InChI is InChI=1S/C18H19NO2.C5H10O2/c20-16-4-6-17(7-5-16)21-18-3-1-2-15(13-18)12-14-8-10-19-11-9-14;1-5(2,3)7-4-6/h1-7,12-13,19-20H,8-11H2;4H,1-3H3. The molecule has 150 valence electrons. The monoisotopic (exact) mass is 383 g/mol. The van der Waals surface area contributed by atoms with Crippen molar-refractivity contribution < 1.29 is 19.4 Å². The Morgan fingerprint density at radius 3 is 2.25 bits per heavy atom. The van der Waals surface area contributed by atoms with Gasteiger partial charge in [0.05, 0.1) is 0 Å². The predicted molar refractivity (Wildman–Crippen MR) is 112 cm³/mol. The molecule has 0 radical (unpaired) electrons. The van der Waals surface area contributed by atoms with Gasteiger partial charge in [0.1, 0.15) is 22.8 Å². The van der Waals surface area contributed by atoms with Crippen molar-refractivity contribution in [2.75, 3.05) is 13.1 Å². The predicted octanol–water partition coefficient (Wildman–Crippen LogP) is 4.91. The molecule has 2 N–H and O–H groups in total. The zero-order valence-electron chi connectivity index (χ0n) is 16.8. The first-order chi connectivity index (χ1) is 13.4. The number of phenolic OH excluding ortho intramolecular Hbond substituents is 1. The number of aromatic hydroxyl groups is 1. The van der Waals surface area contributed by atoms with E-state index in [1.165, 1.54) is 11.1 Å². The maximum absolute atomic E-state index is 9.60. The van der Waals surface area contributed by atoms with E-state index in [0.717, 1.165) is 37.4 Å². The first-order valence-electron chi connectivity index (χ1n) is 9.44. The fourth-order valence-corrected chi connectivity index (χ4v) is 2.59. The SMILES string of the molecule is CC(C)(C)OC=O.Oc1ccc(Oc2cccc(C=C3CCNCC3)c2)cc1. The van der Waals surface area contributed by atoms with Crippen LogP contribution in [0.2, 0.25) is 0 Å². The van der Waals surface area contributed by atoms with Gasteiger partial charge in [-0.25, -0.2) is 0 Å². The van der Waals surface area contributed by atoms with Gasteiger partial charge in [-0.1, -0.05) is 23.8 Å². The average Bonchev–Trinajstić information content (AvgIpc) is 2.64. The average molecular weight is 383 g/mol. The number of nitrogens with one attached hydrogen (secondary N) is 1. The van der Waals surface area contributed by atoms with Crippen LogP contribution in [-0.2, 0) is 9.53 Å². The molecule has 0 bridgehead atoms. The Hall–Kier alpha value is -2.79. The van der Waals surface area contributed by atoms with Crippen LogP contribution in [0.15, 0.2) is 54.1 Å². The summed E-state index contributed by atoms with van der Waals surface area (Å²) in [5.41, 5.74) is 2.33. The van der Waals surface area contributed by atoms with Crippen LogP contribution < -0.4 is 10.1 Å². The fraction of sp³-hybridized carbons (Fsp3) is 0.348. The molecule has 0 saturated carbocycles. The van der Waals surface area contributed by atoms with Crippen LogP contribution in [0.25, 0.3) is 6.08 Å². The maximum atomic E-state index is 9.60. The van der Waals surface area contributed by atoms with Crippen molar-refractivity contribution >= 4 is 12.5 Å². The van der Waals surface area contributed by atoms with Crippen LogP contribution in [-0.4, -0.2) is 30.3 Å². The lowest BCUT2D eigenvalue weighted by atomic mass is 10.0. The van der Waals surface area contributed by atoms with Crippen LogP contribution in [0, 0.1) is 0 Å². The smallest absolute Gasteiger partial charge is 0.293 e. The van der Waals surface area contributed by atoms with Crippen molar-refractivity contribution in [1.29, 1.82) is 0 Å². The van der Waals surface area contributed by atoms with Gasteiger partial charge < -0.3 is 19.9 Å². The molecular formula is C23H29NO4. The second-order valence-electron chi connectivity index (χ2n) is 7.55. The number of phenols is 1. The highest BCUT2D eigenvalue weighted by molar-refractivity contribution is 5.55. The van der Waals surface area contributed by atoms with Crippen LogP contribution in [0.5, 0.6) is 17.2 Å². The number of carbonyl (C=O) groups is 1. The molecular weight excluding hydrogens is 354 g/mol. The van der Waals surface area contributed by atoms with Gasteiger partial charge >= 0.3 is 0 Å². The quantitative estimate of drug-likeness (QED) is 0.734. The lowest BCUT2D eigenvalue weighted by Gasteiger charge is -2.15. The van der Waals surface area contributed by atoms with Gasteiger partial charge in [-0.2, -0.15) is 0 Å². The third-order valence-electron chi connectivity index (χ3n) is 3.95. The normalized spacial score (nSPS) is 13.8. The summed E-state index contributed by atoms with van der Waals surface area (Å²) < 4.78 is 10.4. The van der Waals surface area contributed by atoms with Gasteiger partial charge in [0, 0.05) is 0 Å². The summed E-state index contributed by atoms with van der Waals surface area (Å²) in [6.45, 7) is 8.05. The van der Waals surface area contributed by atoms with Gasteiger partial charge in [0.2, 0.25) is 0 Å². The van der Waals surface area contributed by atoms with Crippen molar-refractivity contribution in [3.8, 4) is 17.2 Å². The minimum Gasteiger partial charge on any atom is -0.508 e. The number of ether oxygens (including phenoxy) is 2. The van der Waals surface area contributed by atoms with Crippen molar-refractivity contribution in [3.63, 3.8) is 0 Å². The third kappa shape index (κ3) is 8.27. The minimum atomic E-state index is -0.318. The summed E-state index contributed by atoms with van der Waals surface area (Å²) >= 11 is 0. The van der Waals surface area contributed by atoms with Crippen molar-refractivity contribution in [2.45, 2.75) is 39.2 Å². The zero-order chi connectivity index (χ0) is 20.4. The highest BCUT2D eigenvalue weighted by Crippen LogP contribution is 2.25. The molecule has 28 heavy (non-hydrogen) atoms. The molecule has 5 heteroatoms. The van der Waals surface area contributed by atoms with E-state index < -0.39 is 0 Å². The lowest BCUT2D eigenvalue weighted by molar-refractivity contribution is -0.138. The Balaban J connectivity index is 0.000000345. The van der Waals surface area contributed by atoms with Gasteiger partial charge in [-0.15, -0.1) is 0 Å². The van der Waals surface area contributed by atoms with Crippen LogP contribution >= 0.6 is 0 Å². The highest BCUT2D eigenvalue weighted by Gasteiger charge is 2.07. The van der Waals surface area contributed by atoms with Gasteiger partial charge in [0.15, 0.2) is 0 Å². The Morgan fingerprint density at radius 1 is 1.00 bits per heavy atom. The molecule has 5 nitrogen and oxygen atoms in total. The second-order valence-corrected chi connectivity index (χ2v) is 7.55. The Kier molecular flexibility index (Phi) is 8.08. The number of carbonyl (C=O) groups excluding carboxylic acids is 1. The number of piperidine rings is 1. The van der Waals surface area contributed by atoms with Gasteiger partial charge in [-0.3, -0.25) is 4.79 Å². The topological polar surface area (TPSA) is 67.8 Å². The molecule has 0 aromatic heterocycles. The summed E-state index contributed by atoms with van der Waals surface area (Å²) in [5.74, 6) is 1.77. The van der Waals surface area contributed by atoms with Crippen molar-refractivity contribution in [2.24, 2.45) is 0 Å². The lowest BCUT2D eigenvalue weighted by Crippen LogP contribution is -2.22. The summed E-state index contributed by atoms with van der Waals surface area (Å²) in [5, 5.41) is 12.6. The van der Waals surface area contributed by atoms with E-state index in [9.17, 15) is 9.90 Å². The molecule has 1 heterocycles. The molecule has 0 atom stereocenters. The molecule has 0 unspecified atom stereocenters. The molecule has 2 aromatic carbocycles. The highest BCUT2D eigenvalue weighted by atomic mass is 16.5. The molecule has 0 spiro atoms. The summed E-state index contributed by atoms with van der Waals surface area (Å²) in [6.07, 6.45) is 4.48. The second kappa shape index (κ2) is 10.5. The van der Waals surface area contributed by atoms with E-state index in [4.69, 9.17) is 4.74 Å². The summed E-state index contributed by atoms with van der Waals surface area (Å²) in [6, 6.07) is 14.8. The number of rotatable bonds is 4. The van der Waals surface area contributed by atoms with Crippen LogP contribution in [0.1, 0.15) is 39.2 Å².